The predicted molar refractivity (Wildman–Crippen MR) is 83.8 cm³/mol. The van der Waals surface area contributed by atoms with Gasteiger partial charge in [-0.25, -0.2) is 0 Å². The summed E-state index contributed by atoms with van der Waals surface area (Å²) in [5.41, 5.74) is 0.714. The summed E-state index contributed by atoms with van der Waals surface area (Å²) in [6.45, 7) is 4.25. The summed E-state index contributed by atoms with van der Waals surface area (Å²) >= 11 is 1.77. The fraction of sp³-hybridized carbons (Fsp3) is 0.562. The van der Waals surface area contributed by atoms with Crippen LogP contribution in [0.4, 0.5) is 0 Å². The lowest BCUT2D eigenvalue weighted by atomic mass is 10.1. The van der Waals surface area contributed by atoms with Crippen LogP contribution >= 0.6 is 11.8 Å². The summed E-state index contributed by atoms with van der Waals surface area (Å²) in [7, 11) is 0. The molecule has 110 valence electrons. The molecule has 0 heterocycles. The van der Waals surface area contributed by atoms with Gasteiger partial charge in [-0.2, -0.15) is 11.8 Å². The lowest BCUT2D eigenvalue weighted by Gasteiger charge is -2.28. The molecule has 0 radical (unpaired) electrons. The summed E-state index contributed by atoms with van der Waals surface area (Å²) in [5, 5.41) is 3.44. The van der Waals surface area contributed by atoms with Crippen LogP contribution in [0.5, 0.6) is 0 Å². The van der Waals surface area contributed by atoms with Crippen LogP contribution in [-0.2, 0) is 15.3 Å². The second kappa shape index (κ2) is 7.14. The number of ether oxygens (including phenoxy) is 1. The van der Waals surface area contributed by atoms with E-state index in [1.165, 1.54) is 18.4 Å². The Labute approximate surface area is 125 Å². The van der Waals surface area contributed by atoms with Crippen LogP contribution in [-0.4, -0.2) is 29.9 Å². The molecular weight excluding hydrogens is 270 g/mol. The summed E-state index contributed by atoms with van der Waals surface area (Å²) in [5.74, 6) is 1.52. The van der Waals surface area contributed by atoms with E-state index >= 15 is 0 Å². The Morgan fingerprint density at radius 3 is 2.70 bits per heavy atom. The molecule has 1 N–H and O–H groups in total. The number of hydrogen-bond acceptors (Lipinski definition) is 4. The van der Waals surface area contributed by atoms with Gasteiger partial charge in [0.1, 0.15) is 5.54 Å². The molecule has 0 saturated heterocycles. The van der Waals surface area contributed by atoms with Crippen LogP contribution in [0.1, 0.15) is 32.3 Å². The van der Waals surface area contributed by atoms with Crippen molar-refractivity contribution in [1.82, 2.24) is 5.32 Å². The van der Waals surface area contributed by atoms with Gasteiger partial charge >= 0.3 is 5.97 Å². The number of carbonyl (C=O) groups is 1. The molecule has 1 aromatic rings. The zero-order valence-corrected chi connectivity index (χ0v) is 13.0. The SMILES string of the molecule is CCOC(=O)C(C)(CSCc1ccccc1)NC1CC1. The van der Waals surface area contributed by atoms with E-state index in [2.05, 4.69) is 17.4 Å². The minimum absolute atomic E-state index is 0.132. The Balaban J connectivity index is 1.88. The van der Waals surface area contributed by atoms with Crippen LogP contribution in [0.25, 0.3) is 0 Å². The van der Waals surface area contributed by atoms with Gasteiger partial charge in [0, 0.05) is 17.5 Å². The normalized spacial score (nSPS) is 17.5. The van der Waals surface area contributed by atoms with Crippen molar-refractivity contribution in [1.29, 1.82) is 0 Å². The van der Waals surface area contributed by atoms with Crippen LogP contribution in [0.15, 0.2) is 30.3 Å². The fourth-order valence-electron chi connectivity index (χ4n) is 2.08. The highest BCUT2D eigenvalue weighted by Gasteiger charge is 2.39. The quantitative estimate of drug-likeness (QED) is 0.748. The molecule has 0 bridgehead atoms. The highest BCUT2D eigenvalue weighted by Crippen LogP contribution is 2.26. The fourth-order valence-corrected chi connectivity index (χ4v) is 3.21. The third kappa shape index (κ3) is 4.53. The Hall–Kier alpha value is -1.00. The van der Waals surface area contributed by atoms with E-state index < -0.39 is 5.54 Å². The molecule has 4 heteroatoms. The van der Waals surface area contributed by atoms with E-state index in [4.69, 9.17) is 4.74 Å². The van der Waals surface area contributed by atoms with Gasteiger partial charge in [0.2, 0.25) is 0 Å². The molecule has 1 fully saturated rings. The van der Waals surface area contributed by atoms with Gasteiger partial charge in [0.15, 0.2) is 0 Å². The maximum Gasteiger partial charge on any atom is 0.326 e. The predicted octanol–water partition coefficient (Wildman–Crippen LogP) is 2.99. The minimum Gasteiger partial charge on any atom is -0.465 e. The average molecular weight is 293 g/mol. The molecule has 1 aromatic carbocycles. The first kappa shape index (κ1) is 15.4. The lowest BCUT2D eigenvalue weighted by Crippen LogP contribution is -2.53. The first-order valence-corrected chi connectivity index (χ1v) is 8.36. The van der Waals surface area contributed by atoms with Gasteiger partial charge in [-0.3, -0.25) is 10.1 Å². The highest BCUT2D eigenvalue weighted by molar-refractivity contribution is 7.98. The van der Waals surface area contributed by atoms with Crippen molar-refractivity contribution < 1.29 is 9.53 Å². The van der Waals surface area contributed by atoms with Gasteiger partial charge in [0.25, 0.3) is 0 Å². The third-order valence-electron chi connectivity index (χ3n) is 3.33. The number of rotatable bonds is 8. The summed E-state index contributed by atoms with van der Waals surface area (Å²) in [6.07, 6.45) is 2.33. The van der Waals surface area contributed by atoms with Crippen molar-refractivity contribution in [2.75, 3.05) is 12.4 Å². The zero-order chi connectivity index (χ0) is 14.4. The standard InChI is InChI=1S/C16H23NO2S/c1-3-19-15(18)16(2,17-14-9-10-14)12-20-11-13-7-5-4-6-8-13/h4-8,14,17H,3,9-12H2,1-2H3. The van der Waals surface area contributed by atoms with E-state index in [9.17, 15) is 4.79 Å². The zero-order valence-electron chi connectivity index (χ0n) is 12.2. The van der Waals surface area contributed by atoms with Crippen LogP contribution in [0.2, 0.25) is 0 Å². The number of carbonyl (C=O) groups excluding carboxylic acids is 1. The monoisotopic (exact) mass is 293 g/mol. The second-order valence-corrected chi connectivity index (χ2v) is 6.44. The van der Waals surface area contributed by atoms with Crippen LogP contribution in [0.3, 0.4) is 0 Å². The maximum atomic E-state index is 12.2. The lowest BCUT2D eigenvalue weighted by molar-refractivity contribution is -0.149. The molecule has 3 nitrogen and oxygen atoms in total. The summed E-state index contributed by atoms with van der Waals surface area (Å²) in [4.78, 5) is 12.2. The molecule has 2 rings (SSSR count). The number of esters is 1. The highest BCUT2D eigenvalue weighted by atomic mass is 32.2. The van der Waals surface area contributed by atoms with E-state index in [0.717, 1.165) is 11.5 Å². The van der Waals surface area contributed by atoms with Crippen molar-refractivity contribution >= 4 is 17.7 Å². The molecule has 0 amide bonds. The Kier molecular flexibility index (Phi) is 5.49. The van der Waals surface area contributed by atoms with Gasteiger partial charge in [-0.1, -0.05) is 30.3 Å². The molecule has 1 unspecified atom stereocenters. The van der Waals surface area contributed by atoms with Crippen molar-refractivity contribution in [2.24, 2.45) is 0 Å². The number of benzene rings is 1. The summed E-state index contributed by atoms with van der Waals surface area (Å²) in [6, 6.07) is 10.8. The number of nitrogens with one attached hydrogen (secondary N) is 1. The third-order valence-corrected chi connectivity index (χ3v) is 4.65. The topological polar surface area (TPSA) is 38.3 Å². The van der Waals surface area contributed by atoms with Crippen LogP contribution < -0.4 is 5.32 Å². The Bertz CT molecular complexity index is 433. The molecule has 0 spiro atoms. The minimum atomic E-state index is -0.573. The first-order valence-electron chi connectivity index (χ1n) is 7.20. The molecule has 1 saturated carbocycles. The molecule has 20 heavy (non-hydrogen) atoms. The molecular formula is C16H23NO2S. The van der Waals surface area contributed by atoms with E-state index in [0.29, 0.717) is 12.6 Å². The number of thioether (sulfide) groups is 1. The smallest absolute Gasteiger partial charge is 0.326 e. The van der Waals surface area contributed by atoms with E-state index in [1.54, 1.807) is 11.8 Å². The Morgan fingerprint density at radius 2 is 2.10 bits per heavy atom. The first-order chi connectivity index (χ1) is 9.64. The molecule has 0 aromatic heterocycles. The molecule has 1 atom stereocenters. The summed E-state index contributed by atoms with van der Waals surface area (Å²) < 4.78 is 5.22. The average Bonchev–Trinajstić information content (AvgIpc) is 3.24. The van der Waals surface area contributed by atoms with E-state index in [-0.39, 0.29) is 5.97 Å². The van der Waals surface area contributed by atoms with Crippen LogP contribution in [0, 0.1) is 0 Å². The van der Waals surface area contributed by atoms with Crippen molar-refractivity contribution in [3.05, 3.63) is 35.9 Å². The second-order valence-electron chi connectivity index (χ2n) is 5.45. The van der Waals surface area contributed by atoms with Crippen molar-refractivity contribution in [2.45, 2.75) is 44.0 Å². The molecule has 1 aliphatic carbocycles. The largest absolute Gasteiger partial charge is 0.465 e. The van der Waals surface area contributed by atoms with Crippen molar-refractivity contribution in [3.8, 4) is 0 Å². The van der Waals surface area contributed by atoms with Gasteiger partial charge < -0.3 is 4.74 Å². The number of hydrogen-bond donors (Lipinski definition) is 1. The van der Waals surface area contributed by atoms with Gasteiger partial charge in [-0.15, -0.1) is 0 Å². The van der Waals surface area contributed by atoms with E-state index in [1.807, 2.05) is 32.0 Å². The van der Waals surface area contributed by atoms with Gasteiger partial charge in [0.05, 0.1) is 6.61 Å². The molecule has 0 aliphatic heterocycles. The van der Waals surface area contributed by atoms with Gasteiger partial charge in [-0.05, 0) is 32.3 Å². The maximum absolute atomic E-state index is 12.2. The van der Waals surface area contributed by atoms with Crippen molar-refractivity contribution in [3.63, 3.8) is 0 Å². The molecule has 1 aliphatic rings. The Morgan fingerprint density at radius 1 is 1.40 bits per heavy atom.